The minimum Gasteiger partial charge on any atom is -0.368 e. The molecule has 0 atom stereocenters. The molecule has 0 bridgehead atoms. The Bertz CT molecular complexity index is 1060. The molecule has 0 unspecified atom stereocenters. The van der Waals surface area contributed by atoms with Crippen molar-refractivity contribution in [3.63, 3.8) is 0 Å². The van der Waals surface area contributed by atoms with Gasteiger partial charge in [-0.2, -0.15) is 9.67 Å². The standard InChI is InChI=1S/C18H29N15O2/c1-3-20-16-25-14(19)33(32-16)17-29-26-13(27-30-17)9-12-10-23-15(24-12)28-31-18(35)22-8-6-4-5-7-21-11(2)34/h3-10H2,1-2H3,(H,21,34)(H,23,28)(H2,22,31,35)(H3,19,20,25,32). The molecule has 35 heavy (non-hydrogen) atoms. The molecule has 3 rings (SSSR count). The molecule has 0 fully saturated rings. The number of aromatic nitrogens is 7. The molecule has 0 aromatic carbocycles. The second kappa shape index (κ2) is 12.7. The monoisotopic (exact) mass is 487 g/mol. The molecule has 0 saturated carbocycles. The van der Waals surface area contributed by atoms with Crippen LogP contribution in [0.15, 0.2) is 9.98 Å². The minimum atomic E-state index is -0.393. The van der Waals surface area contributed by atoms with Gasteiger partial charge in [0.15, 0.2) is 5.82 Å². The van der Waals surface area contributed by atoms with Crippen LogP contribution in [-0.4, -0.2) is 84.9 Å². The number of nitrogens with zero attached hydrogens (tertiary/aromatic N) is 9. The number of carbonyl (C=O) groups is 2. The number of urea groups is 1. The van der Waals surface area contributed by atoms with Crippen LogP contribution in [0, 0.1) is 0 Å². The molecule has 17 heteroatoms. The SMILES string of the molecule is CCNc1nc(N)n(-c2nnc(CC3=NC(NNC(=O)NCCCCCNC(C)=O)=NC3)nn2)n1. The number of anilines is 2. The second-order valence-corrected chi connectivity index (χ2v) is 7.40. The van der Waals surface area contributed by atoms with Crippen LogP contribution in [0.4, 0.5) is 16.7 Å². The molecular weight excluding hydrogens is 458 g/mol. The Balaban J connectivity index is 1.37. The summed E-state index contributed by atoms with van der Waals surface area (Å²) in [5.41, 5.74) is 11.7. The maximum absolute atomic E-state index is 11.9. The minimum absolute atomic E-state index is 0.0412. The molecule has 17 nitrogen and oxygen atoms in total. The molecule has 3 heterocycles. The van der Waals surface area contributed by atoms with Crippen molar-refractivity contribution >= 4 is 35.5 Å². The summed E-state index contributed by atoms with van der Waals surface area (Å²) in [5.74, 6) is 1.14. The molecule has 1 aliphatic heterocycles. The molecule has 1 aliphatic rings. The number of unbranched alkanes of at least 4 members (excludes halogenated alkanes) is 2. The smallest absolute Gasteiger partial charge is 0.333 e. The molecule has 2 aromatic heterocycles. The van der Waals surface area contributed by atoms with Crippen molar-refractivity contribution in [3.8, 4) is 5.95 Å². The summed E-state index contributed by atoms with van der Waals surface area (Å²) in [6, 6.07) is -0.393. The van der Waals surface area contributed by atoms with Crippen LogP contribution >= 0.6 is 0 Å². The quantitative estimate of drug-likeness (QED) is 0.155. The van der Waals surface area contributed by atoms with Gasteiger partial charge < -0.3 is 21.7 Å². The summed E-state index contributed by atoms with van der Waals surface area (Å²) in [6.07, 6.45) is 2.84. The van der Waals surface area contributed by atoms with Crippen molar-refractivity contribution in [1.29, 1.82) is 0 Å². The molecule has 7 N–H and O–H groups in total. The predicted molar refractivity (Wildman–Crippen MR) is 127 cm³/mol. The first-order valence-electron chi connectivity index (χ1n) is 11.1. The van der Waals surface area contributed by atoms with Crippen LogP contribution < -0.4 is 32.5 Å². The van der Waals surface area contributed by atoms with Gasteiger partial charge in [-0.3, -0.25) is 10.2 Å². The van der Waals surface area contributed by atoms with Crippen molar-refractivity contribution < 1.29 is 9.59 Å². The Morgan fingerprint density at radius 3 is 2.51 bits per heavy atom. The number of nitrogens with one attached hydrogen (secondary N) is 5. The van der Waals surface area contributed by atoms with E-state index < -0.39 is 6.03 Å². The van der Waals surface area contributed by atoms with Gasteiger partial charge in [-0.15, -0.1) is 25.5 Å². The molecule has 0 radical (unpaired) electrons. The zero-order valence-electron chi connectivity index (χ0n) is 19.6. The number of hydrogen-bond acceptors (Lipinski definition) is 13. The lowest BCUT2D eigenvalue weighted by Gasteiger charge is -2.08. The first-order chi connectivity index (χ1) is 16.9. The van der Waals surface area contributed by atoms with E-state index in [4.69, 9.17) is 5.73 Å². The van der Waals surface area contributed by atoms with E-state index in [0.717, 1.165) is 19.3 Å². The fraction of sp³-hybridized carbons (Fsp3) is 0.556. The van der Waals surface area contributed by atoms with Crippen LogP contribution in [0.2, 0.25) is 0 Å². The molecule has 2 aromatic rings. The normalized spacial score (nSPS) is 12.5. The van der Waals surface area contributed by atoms with Crippen molar-refractivity contribution in [2.45, 2.75) is 39.5 Å². The van der Waals surface area contributed by atoms with Crippen molar-refractivity contribution in [3.05, 3.63) is 5.82 Å². The van der Waals surface area contributed by atoms with Gasteiger partial charge >= 0.3 is 6.03 Å². The molecular formula is C18H29N15O2. The number of nitrogen functional groups attached to an aromatic ring is 1. The molecule has 3 amide bonds. The van der Waals surface area contributed by atoms with Gasteiger partial charge in [0.05, 0.1) is 18.7 Å². The second-order valence-electron chi connectivity index (χ2n) is 7.40. The number of guanidine groups is 1. The highest BCUT2D eigenvalue weighted by atomic mass is 16.2. The summed E-state index contributed by atoms with van der Waals surface area (Å²) in [4.78, 5) is 35.2. The van der Waals surface area contributed by atoms with Gasteiger partial charge in [-0.1, -0.05) is 0 Å². The summed E-state index contributed by atoms with van der Waals surface area (Å²) >= 11 is 0. The number of aliphatic imine (C=N–C) groups is 2. The van der Waals surface area contributed by atoms with Gasteiger partial charge in [0, 0.05) is 26.6 Å². The summed E-state index contributed by atoms with van der Waals surface area (Å²) in [5, 5.41) is 28.6. The largest absolute Gasteiger partial charge is 0.368 e. The highest BCUT2D eigenvalue weighted by Gasteiger charge is 2.16. The van der Waals surface area contributed by atoms with E-state index in [-0.39, 0.29) is 30.2 Å². The van der Waals surface area contributed by atoms with Gasteiger partial charge in [-0.05, 0) is 26.2 Å². The topological polar surface area (TPSA) is 227 Å². The number of hydrazine groups is 1. The number of amides is 3. The van der Waals surface area contributed by atoms with E-state index in [2.05, 4.69) is 67.3 Å². The molecule has 0 aliphatic carbocycles. The van der Waals surface area contributed by atoms with E-state index >= 15 is 0 Å². The number of carbonyl (C=O) groups excluding carboxylic acids is 2. The van der Waals surface area contributed by atoms with E-state index in [0.29, 0.717) is 43.7 Å². The van der Waals surface area contributed by atoms with Crippen LogP contribution in [0.25, 0.3) is 5.95 Å². The van der Waals surface area contributed by atoms with Crippen LogP contribution in [-0.2, 0) is 11.2 Å². The maximum atomic E-state index is 11.9. The van der Waals surface area contributed by atoms with Crippen LogP contribution in [0.5, 0.6) is 0 Å². The van der Waals surface area contributed by atoms with E-state index in [1.165, 1.54) is 11.6 Å². The lowest BCUT2D eigenvalue weighted by Crippen LogP contribution is -2.46. The number of nitrogens with two attached hydrogens (primary N) is 1. The summed E-state index contributed by atoms with van der Waals surface area (Å²) < 4.78 is 1.24. The third kappa shape index (κ3) is 8.13. The fourth-order valence-electron chi connectivity index (χ4n) is 2.89. The lowest BCUT2D eigenvalue weighted by molar-refractivity contribution is -0.118. The highest BCUT2D eigenvalue weighted by Crippen LogP contribution is 2.08. The van der Waals surface area contributed by atoms with Gasteiger partial charge in [0.2, 0.25) is 23.8 Å². The van der Waals surface area contributed by atoms with E-state index in [9.17, 15) is 9.59 Å². The summed E-state index contributed by atoms with van der Waals surface area (Å²) in [6.45, 7) is 5.51. The van der Waals surface area contributed by atoms with Gasteiger partial charge in [0.1, 0.15) is 0 Å². The molecule has 188 valence electrons. The first-order valence-corrected chi connectivity index (χ1v) is 11.1. The Morgan fingerprint density at radius 2 is 1.80 bits per heavy atom. The zero-order valence-corrected chi connectivity index (χ0v) is 19.6. The molecule has 0 spiro atoms. The van der Waals surface area contributed by atoms with Crippen molar-refractivity contribution in [1.82, 2.24) is 56.6 Å². The van der Waals surface area contributed by atoms with Crippen LogP contribution in [0.3, 0.4) is 0 Å². The molecule has 0 saturated heterocycles. The first kappa shape index (κ1) is 25.2. The van der Waals surface area contributed by atoms with Gasteiger partial charge in [-0.25, -0.2) is 20.2 Å². The van der Waals surface area contributed by atoms with Crippen molar-refractivity contribution in [2.75, 3.05) is 37.2 Å². The third-order valence-corrected chi connectivity index (χ3v) is 4.50. The third-order valence-electron chi connectivity index (χ3n) is 4.50. The highest BCUT2D eigenvalue weighted by molar-refractivity contribution is 6.04. The lowest BCUT2D eigenvalue weighted by atomic mass is 10.2. The van der Waals surface area contributed by atoms with E-state index in [1.807, 2.05) is 6.92 Å². The zero-order chi connectivity index (χ0) is 25.0. The Morgan fingerprint density at radius 1 is 1.06 bits per heavy atom. The van der Waals surface area contributed by atoms with Crippen LogP contribution in [0.1, 0.15) is 38.9 Å². The fourth-order valence-corrected chi connectivity index (χ4v) is 2.89. The van der Waals surface area contributed by atoms with Gasteiger partial charge in [0.25, 0.3) is 5.95 Å². The number of hydrogen-bond donors (Lipinski definition) is 6. The average Bonchev–Trinajstić information content (AvgIpc) is 3.43. The Kier molecular flexibility index (Phi) is 9.14. The van der Waals surface area contributed by atoms with Crippen molar-refractivity contribution in [2.24, 2.45) is 9.98 Å². The van der Waals surface area contributed by atoms with E-state index in [1.54, 1.807) is 0 Å². The predicted octanol–water partition coefficient (Wildman–Crippen LogP) is -1.68. The Hall–Kier alpha value is -4.44. The maximum Gasteiger partial charge on any atom is 0.333 e. The summed E-state index contributed by atoms with van der Waals surface area (Å²) in [7, 11) is 0. The Labute approximate surface area is 200 Å². The average molecular weight is 488 g/mol. The number of rotatable bonds is 11.